The molecular weight excluding hydrogens is 648 g/mol. The minimum absolute atomic E-state index is 0.105. The van der Waals surface area contributed by atoms with E-state index in [1.807, 2.05) is 48.5 Å². The number of hydrogen-bond donors (Lipinski definition) is 1. The molecule has 4 aromatic rings. The molecule has 13 heteroatoms. The van der Waals surface area contributed by atoms with E-state index in [1.165, 1.54) is 26.0 Å². The minimum Gasteiger partial charge on any atom is -0.497 e. The van der Waals surface area contributed by atoms with Crippen LogP contribution in [0.4, 0.5) is 0 Å². The maximum Gasteiger partial charge on any atom is 0.253 e. The zero-order valence-corrected chi connectivity index (χ0v) is 27.0. The normalized spacial score (nSPS) is 14.2. The highest BCUT2D eigenvalue weighted by Gasteiger charge is 2.33. The predicted molar refractivity (Wildman–Crippen MR) is 170 cm³/mol. The van der Waals surface area contributed by atoms with Crippen molar-refractivity contribution in [1.82, 2.24) is 25.1 Å². The first kappa shape index (κ1) is 31.1. The number of nitrogens with one attached hydrogen (secondary N) is 1. The summed E-state index contributed by atoms with van der Waals surface area (Å²) in [5.41, 5.74) is 3.18. The second kappa shape index (κ2) is 14.0. The first-order valence-corrected chi connectivity index (χ1v) is 15.4. The molecule has 0 fully saturated rings. The van der Waals surface area contributed by atoms with E-state index in [4.69, 9.17) is 19.3 Å². The van der Waals surface area contributed by atoms with Crippen LogP contribution in [0.25, 0.3) is 0 Å². The second-order valence-electron chi connectivity index (χ2n) is 9.78. The van der Waals surface area contributed by atoms with E-state index >= 15 is 0 Å². The summed E-state index contributed by atoms with van der Waals surface area (Å²) in [5, 5.41) is 18.2. The molecule has 44 heavy (non-hydrogen) atoms. The van der Waals surface area contributed by atoms with E-state index < -0.39 is 0 Å². The van der Waals surface area contributed by atoms with Crippen LogP contribution < -0.4 is 19.5 Å². The van der Waals surface area contributed by atoms with Gasteiger partial charge in [-0.25, -0.2) is 5.01 Å². The molecule has 0 aliphatic carbocycles. The minimum atomic E-state index is -0.295. The van der Waals surface area contributed by atoms with Gasteiger partial charge in [0.1, 0.15) is 5.75 Å². The zero-order chi connectivity index (χ0) is 31.2. The summed E-state index contributed by atoms with van der Waals surface area (Å²) in [4.78, 5) is 26.3. The molecule has 3 aromatic carbocycles. The average Bonchev–Trinajstić information content (AvgIpc) is 3.66. The van der Waals surface area contributed by atoms with Crippen LogP contribution in [0.15, 0.2) is 81.5 Å². The summed E-state index contributed by atoms with van der Waals surface area (Å²) in [6.07, 6.45) is 0.582. The summed E-state index contributed by atoms with van der Waals surface area (Å²) in [6, 6.07) is 20.3. The second-order valence-corrected chi connectivity index (χ2v) is 11.6. The fourth-order valence-corrected chi connectivity index (χ4v) is 5.75. The van der Waals surface area contributed by atoms with Gasteiger partial charge in [0.25, 0.3) is 11.8 Å². The molecule has 5 rings (SSSR count). The number of carbonyl (C=O) groups is 2. The Morgan fingerprint density at radius 1 is 0.955 bits per heavy atom. The number of nitrogens with zero attached hydrogens (tertiary/aromatic N) is 5. The van der Waals surface area contributed by atoms with E-state index in [2.05, 4.69) is 31.4 Å². The summed E-state index contributed by atoms with van der Waals surface area (Å²) in [5.74, 6) is 1.93. The fraction of sp³-hybridized carbons (Fsp3) is 0.258. The Bertz CT molecular complexity index is 1680. The number of methoxy groups -OCH3 is 3. The first-order chi connectivity index (χ1) is 21.3. The fourth-order valence-electron chi connectivity index (χ4n) is 4.70. The number of thioether (sulfide) groups is 1. The first-order valence-electron chi connectivity index (χ1n) is 13.6. The predicted octanol–water partition coefficient (Wildman–Crippen LogP) is 5.00. The number of benzene rings is 3. The van der Waals surface area contributed by atoms with Crippen LogP contribution in [0.1, 0.15) is 39.8 Å². The summed E-state index contributed by atoms with van der Waals surface area (Å²) in [6.45, 7) is 0.150. The van der Waals surface area contributed by atoms with Crippen molar-refractivity contribution in [3.05, 3.63) is 93.7 Å². The molecule has 2 heterocycles. The van der Waals surface area contributed by atoms with Crippen LogP contribution in [0.3, 0.4) is 0 Å². The molecule has 1 aliphatic heterocycles. The van der Waals surface area contributed by atoms with Crippen LogP contribution in [0.2, 0.25) is 0 Å². The van der Waals surface area contributed by atoms with E-state index in [-0.39, 0.29) is 30.2 Å². The van der Waals surface area contributed by atoms with Crippen LogP contribution in [-0.4, -0.2) is 64.4 Å². The Morgan fingerprint density at radius 3 is 2.36 bits per heavy atom. The van der Waals surface area contributed by atoms with Gasteiger partial charge < -0.3 is 24.1 Å². The molecule has 1 atom stereocenters. The van der Waals surface area contributed by atoms with Crippen molar-refractivity contribution in [2.75, 3.05) is 27.1 Å². The van der Waals surface area contributed by atoms with Crippen LogP contribution in [0, 0.1) is 0 Å². The summed E-state index contributed by atoms with van der Waals surface area (Å²) in [7, 11) is 6.47. The molecule has 2 amide bonds. The molecule has 1 unspecified atom stereocenters. The van der Waals surface area contributed by atoms with Crippen molar-refractivity contribution in [1.29, 1.82) is 0 Å². The SMILES string of the molecule is COc1ccc(C2CC(c3ccc(Br)cc3)=NN2C(=O)CSc2nnc(CNC(=O)c3ccc(OC)c(OC)c3)n2C)cc1. The van der Waals surface area contributed by atoms with Crippen molar-refractivity contribution < 1.29 is 23.8 Å². The number of rotatable bonds is 11. The van der Waals surface area contributed by atoms with Crippen molar-refractivity contribution in [3.63, 3.8) is 0 Å². The van der Waals surface area contributed by atoms with Crippen molar-refractivity contribution in [2.45, 2.75) is 24.2 Å². The number of halogens is 1. The van der Waals surface area contributed by atoms with E-state index in [1.54, 1.807) is 41.9 Å². The van der Waals surface area contributed by atoms with E-state index in [0.29, 0.717) is 34.5 Å². The quantitative estimate of drug-likeness (QED) is 0.220. The Kier molecular flexibility index (Phi) is 9.85. The van der Waals surface area contributed by atoms with Gasteiger partial charge in [0, 0.05) is 23.5 Å². The lowest BCUT2D eigenvalue weighted by Crippen LogP contribution is -2.28. The van der Waals surface area contributed by atoms with Gasteiger partial charge in [-0.2, -0.15) is 5.10 Å². The van der Waals surface area contributed by atoms with Gasteiger partial charge in [0.2, 0.25) is 0 Å². The lowest BCUT2D eigenvalue weighted by molar-refractivity contribution is -0.130. The van der Waals surface area contributed by atoms with Crippen LogP contribution in [-0.2, 0) is 18.4 Å². The Labute approximate surface area is 267 Å². The van der Waals surface area contributed by atoms with E-state index in [9.17, 15) is 9.59 Å². The Hall–Kier alpha value is -4.36. The molecule has 0 radical (unpaired) electrons. The highest BCUT2D eigenvalue weighted by atomic mass is 79.9. The van der Waals surface area contributed by atoms with Crippen molar-refractivity contribution in [3.8, 4) is 17.2 Å². The average molecular weight is 680 g/mol. The summed E-state index contributed by atoms with van der Waals surface area (Å²) < 4.78 is 18.6. The van der Waals surface area contributed by atoms with Gasteiger partial charge in [-0.15, -0.1) is 10.2 Å². The molecule has 0 saturated heterocycles. The van der Waals surface area contributed by atoms with Crippen molar-refractivity contribution in [2.24, 2.45) is 12.1 Å². The Balaban J connectivity index is 1.25. The summed E-state index contributed by atoms with van der Waals surface area (Å²) >= 11 is 4.74. The maximum absolute atomic E-state index is 13.6. The largest absolute Gasteiger partial charge is 0.497 e. The third-order valence-corrected chi connectivity index (χ3v) is 8.68. The number of ether oxygens (including phenoxy) is 3. The molecule has 1 aliphatic rings. The van der Waals surface area contributed by atoms with Crippen LogP contribution >= 0.6 is 27.7 Å². The van der Waals surface area contributed by atoms with Gasteiger partial charge in [-0.1, -0.05) is 52.0 Å². The monoisotopic (exact) mass is 678 g/mol. The van der Waals surface area contributed by atoms with Gasteiger partial charge in [0.05, 0.1) is 45.4 Å². The van der Waals surface area contributed by atoms with Gasteiger partial charge in [0.15, 0.2) is 22.5 Å². The molecule has 0 bridgehead atoms. The molecule has 0 spiro atoms. The molecular formula is C31H31BrN6O5S. The van der Waals surface area contributed by atoms with Crippen LogP contribution in [0.5, 0.6) is 17.2 Å². The molecule has 1 aromatic heterocycles. The highest BCUT2D eigenvalue weighted by molar-refractivity contribution is 9.10. The van der Waals surface area contributed by atoms with E-state index in [0.717, 1.165) is 27.1 Å². The number of amides is 2. The molecule has 11 nitrogen and oxygen atoms in total. The number of carbonyl (C=O) groups excluding carboxylic acids is 2. The van der Waals surface area contributed by atoms with Gasteiger partial charge in [-0.3, -0.25) is 9.59 Å². The molecule has 1 N–H and O–H groups in total. The topological polar surface area (TPSA) is 120 Å². The standard InChI is InChI=1S/C31H31BrN6O5S/c1-37-28(17-33-30(40)21-9-14-26(42-3)27(15-21)43-4)34-35-31(37)44-18-29(39)38-25(20-7-12-23(41-2)13-8-20)16-24(36-38)19-5-10-22(32)11-6-19/h5-15,25H,16-18H2,1-4H3,(H,33,40). The number of hydrazone groups is 1. The third-order valence-electron chi connectivity index (χ3n) is 7.15. The number of aromatic nitrogens is 3. The lowest BCUT2D eigenvalue weighted by atomic mass is 9.98. The maximum atomic E-state index is 13.6. The lowest BCUT2D eigenvalue weighted by Gasteiger charge is -2.22. The third kappa shape index (κ3) is 6.89. The van der Waals surface area contributed by atoms with Gasteiger partial charge >= 0.3 is 0 Å². The van der Waals surface area contributed by atoms with Gasteiger partial charge in [-0.05, 0) is 53.6 Å². The smallest absolute Gasteiger partial charge is 0.253 e. The Morgan fingerprint density at radius 2 is 1.68 bits per heavy atom. The zero-order valence-electron chi connectivity index (χ0n) is 24.6. The molecule has 0 saturated carbocycles. The molecule has 228 valence electrons. The highest BCUT2D eigenvalue weighted by Crippen LogP contribution is 2.35. The van der Waals surface area contributed by atoms with Crippen molar-refractivity contribution >= 4 is 45.2 Å². The number of hydrogen-bond acceptors (Lipinski definition) is 9.